The van der Waals surface area contributed by atoms with Crippen molar-refractivity contribution < 1.29 is 9.53 Å². The first-order valence-corrected chi connectivity index (χ1v) is 13.3. The van der Waals surface area contributed by atoms with Crippen molar-refractivity contribution in [2.75, 3.05) is 31.6 Å². The Labute approximate surface area is 207 Å². The number of anilines is 1. The van der Waals surface area contributed by atoms with E-state index >= 15 is 0 Å². The van der Waals surface area contributed by atoms with E-state index in [0.717, 1.165) is 42.6 Å². The summed E-state index contributed by atoms with van der Waals surface area (Å²) in [5.74, 6) is 0.161. The maximum absolute atomic E-state index is 12.0. The normalized spacial score (nSPS) is 18.5. The molecule has 5 rings (SSSR count). The standard InChI is InChI=1S/C13H11ClN2S2.C11H18N2O2/c1-8-7-18-13-10(5-11(14)16-12(8)13)15-6-9-3-2-4-17-9;12-10-3-1-2-9(8-10)11(14)13-4-6-15-7-5-13/h2-5,7H,6H2,1H3,(H,15,16);2,10H,1,3-8,12H2. The number of amides is 1. The lowest BCUT2D eigenvalue weighted by Gasteiger charge is -2.29. The first-order valence-electron chi connectivity index (χ1n) is 11.1. The van der Waals surface area contributed by atoms with E-state index in [9.17, 15) is 4.79 Å². The zero-order valence-corrected chi connectivity index (χ0v) is 21.1. The van der Waals surface area contributed by atoms with E-state index < -0.39 is 0 Å². The van der Waals surface area contributed by atoms with Crippen molar-refractivity contribution >= 4 is 56.1 Å². The summed E-state index contributed by atoms with van der Waals surface area (Å²) in [5, 5.41) is 8.18. The number of rotatable bonds is 4. The van der Waals surface area contributed by atoms with E-state index in [1.165, 1.54) is 15.1 Å². The van der Waals surface area contributed by atoms with Crippen molar-refractivity contribution in [3.63, 3.8) is 0 Å². The summed E-state index contributed by atoms with van der Waals surface area (Å²) in [7, 11) is 0. The predicted molar refractivity (Wildman–Crippen MR) is 138 cm³/mol. The summed E-state index contributed by atoms with van der Waals surface area (Å²) in [4.78, 5) is 19.6. The molecule has 176 valence electrons. The lowest BCUT2D eigenvalue weighted by molar-refractivity contribution is -0.131. The highest BCUT2D eigenvalue weighted by atomic mass is 35.5. The van der Waals surface area contributed by atoms with E-state index in [2.05, 4.69) is 40.1 Å². The number of fused-ring (bicyclic) bond motifs is 1. The molecule has 0 spiro atoms. The third kappa shape index (κ3) is 6.33. The highest BCUT2D eigenvalue weighted by molar-refractivity contribution is 7.18. The molecule has 3 aromatic heterocycles. The zero-order chi connectivity index (χ0) is 23.2. The van der Waals surface area contributed by atoms with Gasteiger partial charge in [-0.25, -0.2) is 4.98 Å². The van der Waals surface area contributed by atoms with Gasteiger partial charge in [0.05, 0.1) is 29.1 Å². The number of hydrogen-bond acceptors (Lipinski definition) is 7. The minimum absolute atomic E-state index is 0.161. The van der Waals surface area contributed by atoms with Crippen LogP contribution in [0, 0.1) is 6.92 Å². The summed E-state index contributed by atoms with van der Waals surface area (Å²) < 4.78 is 6.39. The number of thiophene rings is 2. The highest BCUT2D eigenvalue weighted by Gasteiger charge is 2.23. The number of aryl methyl sites for hydroxylation is 1. The van der Waals surface area contributed by atoms with Crippen LogP contribution in [0.1, 0.15) is 29.7 Å². The van der Waals surface area contributed by atoms with Gasteiger partial charge >= 0.3 is 0 Å². The van der Waals surface area contributed by atoms with E-state index in [1.54, 1.807) is 22.7 Å². The van der Waals surface area contributed by atoms with Crippen LogP contribution in [0.4, 0.5) is 5.69 Å². The summed E-state index contributed by atoms with van der Waals surface area (Å²) in [6, 6.07) is 6.24. The van der Waals surface area contributed by atoms with E-state index in [0.29, 0.717) is 31.5 Å². The van der Waals surface area contributed by atoms with Gasteiger partial charge < -0.3 is 20.7 Å². The van der Waals surface area contributed by atoms with E-state index in [1.807, 2.05) is 17.0 Å². The molecular formula is C24H29ClN4O2S2. The smallest absolute Gasteiger partial charge is 0.249 e. The molecule has 0 bridgehead atoms. The van der Waals surface area contributed by atoms with Crippen molar-refractivity contribution in [3.8, 4) is 0 Å². The van der Waals surface area contributed by atoms with Crippen molar-refractivity contribution in [3.05, 3.63) is 56.2 Å². The topological polar surface area (TPSA) is 80.5 Å². The summed E-state index contributed by atoms with van der Waals surface area (Å²) in [5.41, 5.74) is 10.00. The quantitative estimate of drug-likeness (QED) is 0.476. The molecule has 1 atom stereocenters. The second-order valence-electron chi connectivity index (χ2n) is 8.20. The fourth-order valence-electron chi connectivity index (χ4n) is 3.90. The molecule has 0 aromatic carbocycles. The molecule has 1 fully saturated rings. The van der Waals surface area contributed by atoms with Crippen molar-refractivity contribution in [1.29, 1.82) is 0 Å². The summed E-state index contributed by atoms with van der Waals surface area (Å²) in [6.07, 6.45) is 4.71. The molecule has 1 aliphatic carbocycles. The molecule has 0 saturated carbocycles. The number of aromatic nitrogens is 1. The average Bonchev–Trinajstić information content (AvgIpc) is 3.48. The first kappa shape index (κ1) is 24.2. The van der Waals surface area contributed by atoms with Gasteiger partial charge in [0.1, 0.15) is 5.15 Å². The van der Waals surface area contributed by atoms with Crippen LogP contribution < -0.4 is 11.1 Å². The highest BCUT2D eigenvalue weighted by Crippen LogP contribution is 2.33. The second kappa shape index (κ2) is 11.4. The number of nitrogens with zero attached hydrogens (tertiary/aromatic N) is 2. The Hall–Kier alpha value is -1.97. The van der Waals surface area contributed by atoms with Crippen molar-refractivity contribution in [2.24, 2.45) is 5.73 Å². The minimum Gasteiger partial charge on any atom is -0.379 e. The van der Waals surface area contributed by atoms with Crippen LogP contribution >= 0.6 is 34.3 Å². The third-order valence-electron chi connectivity index (χ3n) is 5.69. The van der Waals surface area contributed by atoms with Crippen LogP contribution in [0.5, 0.6) is 0 Å². The van der Waals surface area contributed by atoms with Gasteiger partial charge in [-0.1, -0.05) is 23.7 Å². The van der Waals surface area contributed by atoms with Crippen LogP contribution in [0.15, 0.2) is 40.6 Å². The van der Waals surface area contributed by atoms with Crippen LogP contribution in [0.2, 0.25) is 5.15 Å². The molecular weight excluding hydrogens is 476 g/mol. The molecule has 1 unspecified atom stereocenters. The number of nitrogens with one attached hydrogen (secondary N) is 1. The Morgan fingerprint density at radius 1 is 1.36 bits per heavy atom. The largest absolute Gasteiger partial charge is 0.379 e. The monoisotopic (exact) mass is 504 g/mol. The number of allylic oxidation sites excluding steroid dienone is 1. The SMILES string of the molecule is Cc1csc2c(NCc3cccs3)cc(Cl)nc12.NC1CCC=C(C(=O)N2CCOCC2)C1. The lowest BCUT2D eigenvalue weighted by Crippen LogP contribution is -2.42. The van der Waals surface area contributed by atoms with Gasteiger partial charge in [0.2, 0.25) is 5.91 Å². The lowest BCUT2D eigenvalue weighted by atomic mass is 9.94. The van der Waals surface area contributed by atoms with E-state index in [4.69, 9.17) is 22.1 Å². The fourth-order valence-corrected chi connectivity index (χ4v) is 5.72. The number of hydrogen-bond donors (Lipinski definition) is 2. The van der Waals surface area contributed by atoms with Gasteiger partial charge in [-0.15, -0.1) is 22.7 Å². The van der Waals surface area contributed by atoms with Crippen LogP contribution in [-0.4, -0.2) is 48.1 Å². The molecule has 33 heavy (non-hydrogen) atoms. The van der Waals surface area contributed by atoms with Crippen LogP contribution in [0.25, 0.3) is 10.2 Å². The molecule has 4 heterocycles. The van der Waals surface area contributed by atoms with E-state index in [-0.39, 0.29) is 11.9 Å². The molecule has 3 aromatic rings. The molecule has 9 heteroatoms. The van der Waals surface area contributed by atoms with Gasteiger partial charge in [-0.05, 0) is 48.6 Å². The van der Waals surface area contributed by atoms with Crippen LogP contribution in [-0.2, 0) is 16.1 Å². The molecule has 6 nitrogen and oxygen atoms in total. The Morgan fingerprint density at radius 3 is 2.91 bits per heavy atom. The molecule has 1 amide bonds. The number of pyridine rings is 1. The van der Waals surface area contributed by atoms with Crippen molar-refractivity contribution in [1.82, 2.24) is 9.88 Å². The number of morpholine rings is 1. The van der Waals surface area contributed by atoms with Gasteiger partial charge in [-0.2, -0.15) is 0 Å². The maximum atomic E-state index is 12.0. The molecule has 2 aliphatic rings. The zero-order valence-electron chi connectivity index (χ0n) is 18.7. The first-order chi connectivity index (χ1) is 16.0. The average molecular weight is 505 g/mol. The molecule has 0 radical (unpaired) electrons. The Balaban J connectivity index is 0.000000160. The van der Waals surface area contributed by atoms with Gasteiger partial charge in [0, 0.05) is 42.2 Å². The molecule has 1 aliphatic heterocycles. The predicted octanol–water partition coefficient (Wildman–Crippen LogP) is 5.21. The van der Waals surface area contributed by atoms with Crippen molar-refractivity contribution in [2.45, 2.75) is 38.8 Å². The number of carbonyl (C=O) groups excluding carboxylic acids is 1. The Bertz CT molecular complexity index is 1110. The number of halogens is 1. The molecule has 3 N–H and O–H groups in total. The van der Waals surface area contributed by atoms with Gasteiger partial charge in [-0.3, -0.25) is 4.79 Å². The Kier molecular flexibility index (Phi) is 8.38. The van der Waals surface area contributed by atoms with Gasteiger partial charge in [0.15, 0.2) is 0 Å². The number of ether oxygens (including phenoxy) is 1. The number of nitrogens with two attached hydrogens (primary N) is 1. The maximum Gasteiger partial charge on any atom is 0.249 e. The minimum atomic E-state index is 0.161. The van der Waals surface area contributed by atoms with Crippen LogP contribution in [0.3, 0.4) is 0 Å². The summed E-state index contributed by atoms with van der Waals surface area (Å²) >= 11 is 9.52. The second-order valence-corrected chi connectivity index (χ2v) is 10.5. The van der Waals surface area contributed by atoms with Gasteiger partial charge in [0.25, 0.3) is 0 Å². The molecule has 1 saturated heterocycles. The fraction of sp³-hybridized carbons (Fsp3) is 0.417. The number of carbonyl (C=O) groups is 1. The third-order valence-corrected chi connectivity index (χ3v) is 7.88. The Morgan fingerprint density at radius 2 is 2.18 bits per heavy atom. The summed E-state index contributed by atoms with van der Waals surface area (Å²) in [6.45, 7) is 5.63.